The summed E-state index contributed by atoms with van der Waals surface area (Å²) in [5, 5.41) is 6.15. The molecule has 2 amide bonds. The van der Waals surface area contributed by atoms with E-state index < -0.39 is 0 Å². The lowest BCUT2D eigenvalue weighted by atomic mass is 9.65. The van der Waals surface area contributed by atoms with E-state index >= 15 is 0 Å². The maximum absolute atomic E-state index is 12.4. The number of carbonyl (C=O) groups is 2. The third-order valence-corrected chi connectivity index (χ3v) is 7.46. The van der Waals surface area contributed by atoms with E-state index in [1.165, 1.54) is 30.4 Å². The highest BCUT2D eigenvalue weighted by Gasteiger charge is 2.35. The summed E-state index contributed by atoms with van der Waals surface area (Å²) in [4.78, 5) is 24.8. The molecule has 4 nitrogen and oxygen atoms in total. The fourth-order valence-corrected chi connectivity index (χ4v) is 5.30. The molecule has 1 aliphatic rings. The second kappa shape index (κ2) is 12.2. The molecule has 3 rings (SSSR count). The fraction of sp³-hybridized carbons (Fsp3) is 0.533. The van der Waals surface area contributed by atoms with Crippen molar-refractivity contribution in [2.75, 3.05) is 10.6 Å². The molecule has 0 radical (unpaired) electrons. The first kappa shape index (κ1) is 26.0. The lowest BCUT2D eigenvalue weighted by molar-refractivity contribution is -0.120. The van der Waals surface area contributed by atoms with Gasteiger partial charge in [-0.25, -0.2) is 0 Å². The SMILES string of the molecule is CCC[C@@H](C)C(=O)Nc1ccc(C2(c3ccc(NC(=O)[C@H](C)CCC)cc3)CCCCC2)cc1. The van der Waals surface area contributed by atoms with Crippen molar-refractivity contribution in [3.8, 4) is 0 Å². The summed E-state index contributed by atoms with van der Waals surface area (Å²) in [6.07, 6.45) is 9.75. The molecule has 2 N–H and O–H groups in total. The number of nitrogens with one attached hydrogen (secondary N) is 2. The van der Waals surface area contributed by atoms with Crippen LogP contribution in [0.4, 0.5) is 11.4 Å². The topological polar surface area (TPSA) is 58.2 Å². The molecule has 0 aliphatic heterocycles. The van der Waals surface area contributed by atoms with Crippen LogP contribution in [0, 0.1) is 11.8 Å². The molecule has 0 unspecified atom stereocenters. The van der Waals surface area contributed by atoms with E-state index in [-0.39, 0.29) is 29.1 Å². The normalized spacial score (nSPS) is 16.9. The number of carbonyl (C=O) groups excluding carboxylic acids is 2. The third-order valence-electron chi connectivity index (χ3n) is 7.46. The Labute approximate surface area is 205 Å². The molecule has 0 heterocycles. The average Bonchev–Trinajstić information content (AvgIpc) is 2.85. The Hall–Kier alpha value is -2.62. The first-order valence-electron chi connectivity index (χ1n) is 13.2. The van der Waals surface area contributed by atoms with E-state index in [0.717, 1.165) is 49.9 Å². The quantitative estimate of drug-likeness (QED) is 0.380. The molecule has 1 saturated carbocycles. The molecule has 0 bridgehead atoms. The zero-order chi connectivity index (χ0) is 24.6. The van der Waals surface area contributed by atoms with Crippen molar-refractivity contribution < 1.29 is 9.59 Å². The van der Waals surface area contributed by atoms with Gasteiger partial charge in [-0.15, -0.1) is 0 Å². The van der Waals surface area contributed by atoms with E-state index in [4.69, 9.17) is 0 Å². The summed E-state index contributed by atoms with van der Waals surface area (Å²) in [7, 11) is 0. The summed E-state index contributed by atoms with van der Waals surface area (Å²) in [5.74, 6) is 0.234. The minimum absolute atomic E-state index is 0.0195. The molecule has 0 spiro atoms. The minimum Gasteiger partial charge on any atom is -0.326 e. The van der Waals surface area contributed by atoms with Gasteiger partial charge in [0.2, 0.25) is 11.8 Å². The molecule has 2 aromatic rings. The van der Waals surface area contributed by atoms with Crippen LogP contribution in [-0.4, -0.2) is 11.8 Å². The van der Waals surface area contributed by atoms with E-state index in [1.54, 1.807) is 0 Å². The van der Waals surface area contributed by atoms with Crippen LogP contribution in [-0.2, 0) is 15.0 Å². The van der Waals surface area contributed by atoms with Crippen LogP contribution < -0.4 is 10.6 Å². The van der Waals surface area contributed by atoms with E-state index in [2.05, 4.69) is 48.7 Å². The Morgan fingerprint density at radius 3 is 1.44 bits per heavy atom. The van der Waals surface area contributed by atoms with Gasteiger partial charge in [-0.3, -0.25) is 9.59 Å². The number of benzene rings is 2. The van der Waals surface area contributed by atoms with Crippen LogP contribution in [0.25, 0.3) is 0 Å². The van der Waals surface area contributed by atoms with Crippen molar-refractivity contribution in [1.29, 1.82) is 0 Å². The second-order valence-corrected chi connectivity index (χ2v) is 10.2. The molecule has 1 aliphatic carbocycles. The van der Waals surface area contributed by atoms with Gasteiger partial charge in [0, 0.05) is 28.6 Å². The largest absolute Gasteiger partial charge is 0.326 e. The fourth-order valence-electron chi connectivity index (χ4n) is 5.30. The van der Waals surface area contributed by atoms with Gasteiger partial charge in [-0.05, 0) is 61.1 Å². The Kier molecular flexibility index (Phi) is 9.32. The average molecular weight is 463 g/mol. The predicted molar refractivity (Wildman–Crippen MR) is 142 cm³/mol. The number of anilines is 2. The number of hydrogen-bond acceptors (Lipinski definition) is 2. The molecule has 0 saturated heterocycles. The first-order chi connectivity index (χ1) is 16.4. The lowest BCUT2D eigenvalue weighted by Crippen LogP contribution is -2.30. The Morgan fingerprint density at radius 1 is 0.706 bits per heavy atom. The summed E-state index contributed by atoms with van der Waals surface area (Å²) in [6.45, 7) is 8.19. The van der Waals surface area contributed by atoms with Crippen molar-refractivity contribution in [1.82, 2.24) is 0 Å². The summed E-state index contributed by atoms with van der Waals surface area (Å²) < 4.78 is 0. The van der Waals surface area contributed by atoms with Crippen LogP contribution in [0.1, 0.15) is 96.6 Å². The van der Waals surface area contributed by atoms with Crippen LogP contribution in [0.5, 0.6) is 0 Å². The van der Waals surface area contributed by atoms with Gasteiger partial charge in [0.25, 0.3) is 0 Å². The van der Waals surface area contributed by atoms with Gasteiger partial charge in [0.1, 0.15) is 0 Å². The van der Waals surface area contributed by atoms with Crippen LogP contribution >= 0.6 is 0 Å². The Morgan fingerprint density at radius 2 is 1.09 bits per heavy atom. The first-order valence-corrected chi connectivity index (χ1v) is 13.2. The van der Waals surface area contributed by atoms with Crippen LogP contribution in [0.2, 0.25) is 0 Å². The van der Waals surface area contributed by atoms with Gasteiger partial charge in [-0.2, -0.15) is 0 Å². The van der Waals surface area contributed by atoms with Crippen molar-refractivity contribution in [3.63, 3.8) is 0 Å². The second-order valence-electron chi connectivity index (χ2n) is 10.2. The van der Waals surface area contributed by atoms with Crippen LogP contribution in [0.15, 0.2) is 48.5 Å². The number of amides is 2. The zero-order valence-corrected chi connectivity index (χ0v) is 21.5. The maximum atomic E-state index is 12.4. The van der Waals surface area contributed by atoms with E-state index in [0.29, 0.717) is 0 Å². The minimum atomic E-state index is -0.0195. The van der Waals surface area contributed by atoms with Gasteiger partial charge in [-0.1, -0.05) is 84.1 Å². The lowest BCUT2D eigenvalue weighted by Gasteiger charge is -2.39. The van der Waals surface area contributed by atoms with Crippen molar-refractivity contribution >= 4 is 23.2 Å². The smallest absolute Gasteiger partial charge is 0.227 e. The monoisotopic (exact) mass is 462 g/mol. The predicted octanol–water partition coefficient (Wildman–Crippen LogP) is 7.69. The standard InChI is InChI=1S/C30H42N2O2/c1-5-10-22(3)28(33)31-26-16-12-24(13-17-26)30(20-8-7-9-21-30)25-14-18-27(19-15-25)32-29(34)23(4)11-6-2/h12-19,22-23H,5-11,20-21H2,1-4H3,(H,31,33)(H,32,34)/t22-,23-/m1/s1. The third kappa shape index (κ3) is 6.28. The van der Waals surface area contributed by atoms with Crippen molar-refractivity contribution in [2.45, 2.75) is 90.9 Å². The zero-order valence-electron chi connectivity index (χ0n) is 21.5. The molecule has 2 aromatic carbocycles. The molecule has 0 aromatic heterocycles. The summed E-state index contributed by atoms with van der Waals surface area (Å²) in [5.41, 5.74) is 4.32. The maximum Gasteiger partial charge on any atom is 0.227 e. The molecule has 34 heavy (non-hydrogen) atoms. The van der Waals surface area contributed by atoms with Gasteiger partial charge in [0.15, 0.2) is 0 Å². The Balaban J connectivity index is 1.78. The number of hydrogen-bond donors (Lipinski definition) is 2. The van der Waals surface area contributed by atoms with Gasteiger partial charge < -0.3 is 10.6 Å². The molecular weight excluding hydrogens is 420 g/mol. The van der Waals surface area contributed by atoms with Crippen LogP contribution in [0.3, 0.4) is 0 Å². The van der Waals surface area contributed by atoms with Gasteiger partial charge in [0.05, 0.1) is 0 Å². The summed E-state index contributed by atoms with van der Waals surface area (Å²) in [6, 6.07) is 16.9. The Bertz CT molecular complexity index is 856. The van der Waals surface area contributed by atoms with E-state index in [1.807, 2.05) is 38.1 Å². The summed E-state index contributed by atoms with van der Waals surface area (Å²) >= 11 is 0. The molecule has 1 fully saturated rings. The highest BCUT2D eigenvalue weighted by Crippen LogP contribution is 2.45. The highest BCUT2D eigenvalue weighted by atomic mass is 16.2. The molecular formula is C30H42N2O2. The highest BCUT2D eigenvalue weighted by molar-refractivity contribution is 5.92. The van der Waals surface area contributed by atoms with Gasteiger partial charge >= 0.3 is 0 Å². The van der Waals surface area contributed by atoms with Crippen molar-refractivity contribution in [3.05, 3.63) is 59.7 Å². The van der Waals surface area contributed by atoms with E-state index in [9.17, 15) is 9.59 Å². The van der Waals surface area contributed by atoms with Crippen molar-refractivity contribution in [2.24, 2.45) is 11.8 Å². The molecule has 184 valence electrons. The molecule has 4 heteroatoms. The molecule has 2 atom stereocenters. The number of rotatable bonds is 10.